The molecule has 0 saturated heterocycles. The van der Waals surface area contributed by atoms with Gasteiger partial charge in [0.05, 0.1) is 0 Å². The molecule has 1 fully saturated rings. The molecule has 18 heavy (non-hydrogen) atoms. The van der Waals surface area contributed by atoms with E-state index in [4.69, 9.17) is 0 Å². The lowest BCUT2D eigenvalue weighted by atomic mass is 10.1. The zero-order chi connectivity index (χ0) is 12.3. The highest BCUT2D eigenvalue weighted by atomic mass is 35.5. The van der Waals surface area contributed by atoms with Gasteiger partial charge >= 0.3 is 0 Å². The van der Waals surface area contributed by atoms with Gasteiger partial charge in [-0.3, -0.25) is 4.79 Å². The zero-order valence-electron chi connectivity index (χ0n) is 11.7. The third-order valence-corrected chi connectivity index (χ3v) is 3.49. The zero-order valence-corrected chi connectivity index (χ0v) is 12.5. The fraction of sp³-hybridized carbons (Fsp3) is 0.929. The number of hydrogen-bond acceptors (Lipinski definition) is 2. The average molecular weight is 277 g/mol. The second-order valence-corrected chi connectivity index (χ2v) is 5.10. The monoisotopic (exact) mass is 276 g/mol. The van der Waals surface area contributed by atoms with Gasteiger partial charge in [-0.1, -0.05) is 39.0 Å². The predicted octanol–water partition coefficient (Wildman–Crippen LogP) is 3.03. The predicted molar refractivity (Wildman–Crippen MR) is 79.3 cm³/mol. The fourth-order valence-corrected chi connectivity index (χ4v) is 2.39. The van der Waals surface area contributed by atoms with Gasteiger partial charge < -0.3 is 10.6 Å². The van der Waals surface area contributed by atoms with Gasteiger partial charge in [0.25, 0.3) is 0 Å². The van der Waals surface area contributed by atoms with Gasteiger partial charge in [-0.2, -0.15) is 0 Å². The van der Waals surface area contributed by atoms with E-state index in [1.54, 1.807) is 0 Å². The van der Waals surface area contributed by atoms with Crippen LogP contribution in [-0.4, -0.2) is 25.0 Å². The molecular formula is C14H29ClN2O. The number of carbonyl (C=O) groups is 1. The highest BCUT2D eigenvalue weighted by Crippen LogP contribution is 2.16. The number of nitrogens with one attached hydrogen (secondary N) is 2. The molecule has 0 atom stereocenters. The molecule has 0 radical (unpaired) electrons. The Hall–Kier alpha value is -0.280. The van der Waals surface area contributed by atoms with Gasteiger partial charge in [0.2, 0.25) is 5.91 Å². The maximum atomic E-state index is 11.4. The average Bonchev–Trinajstić information content (AvgIpc) is 2.60. The fourth-order valence-electron chi connectivity index (χ4n) is 2.39. The van der Waals surface area contributed by atoms with Crippen LogP contribution in [0.5, 0.6) is 0 Å². The summed E-state index contributed by atoms with van der Waals surface area (Å²) in [6.45, 7) is 3.81. The van der Waals surface area contributed by atoms with Crippen molar-refractivity contribution in [3.05, 3.63) is 0 Å². The summed E-state index contributed by atoms with van der Waals surface area (Å²) in [7, 11) is 0. The third-order valence-electron chi connectivity index (χ3n) is 3.49. The van der Waals surface area contributed by atoms with Gasteiger partial charge in [-0.15, -0.1) is 12.4 Å². The van der Waals surface area contributed by atoms with E-state index in [0.717, 1.165) is 25.9 Å². The summed E-state index contributed by atoms with van der Waals surface area (Å²) in [5.74, 6) is 0.203. The van der Waals surface area contributed by atoms with Gasteiger partial charge in [-0.05, 0) is 19.3 Å². The first-order chi connectivity index (χ1) is 8.33. The van der Waals surface area contributed by atoms with Crippen LogP contribution in [0, 0.1) is 0 Å². The molecule has 0 aromatic rings. The normalized spacial score (nSPS) is 16.7. The van der Waals surface area contributed by atoms with Crippen molar-refractivity contribution in [2.45, 2.75) is 70.8 Å². The quantitative estimate of drug-likeness (QED) is 0.554. The second-order valence-electron chi connectivity index (χ2n) is 5.10. The van der Waals surface area contributed by atoms with E-state index >= 15 is 0 Å². The van der Waals surface area contributed by atoms with Gasteiger partial charge in [0.1, 0.15) is 0 Å². The number of amides is 1. The van der Waals surface area contributed by atoms with Crippen LogP contribution in [-0.2, 0) is 4.79 Å². The van der Waals surface area contributed by atoms with Crippen molar-refractivity contribution in [2.24, 2.45) is 0 Å². The second kappa shape index (κ2) is 11.8. The van der Waals surface area contributed by atoms with Crippen molar-refractivity contribution in [1.29, 1.82) is 0 Å². The SMILES string of the molecule is CCCCC(=O)NCCNC1CCCCCC1.Cl. The maximum absolute atomic E-state index is 11.4. The summed E-state index contributed by atoms with van der Waals surface area (Å²) in [6, 6.07) is 0.685. The lowest BCUT2D eigenvalue weighted by Gasteiger charge is -2.16. The van der Waals surface area contributed by atoms with Gasteiger partial charge in [0.15, 0.2) is 0 Å². The van der Waals surface area contributed by atoms with Crippen molar-refractivity contribution in [1.82, 2.24) is 10.6 Å². The smallest absolute Gasteiger partial charge is 0.220 e. The topological polar surface area (TPSA) is 41.1 Å². The molecule has 0 aromatic heterocycles. The summed E-state index contributed by atoms with van der Waals surface area (Å²) in [6.07, 6.45) is 10.9. The van der Waals surface area contributed by atoms with E-state index in [1.807, 2.05) is 0 Å². The van der Waals surface area contributed by atoms with E-state index in [1.165, 1.54) is 38.5 Å². The van der Waals surface area contributed by atoms with Crippen LogP contribution >= 0.6 is 12.4 Å². The number of carbonyl (C=O) groups excluding carboxylic acids is 1. The van der Waals surface area contributed by atoms with Crippen LogP contribution in [0.3, 0.4) is 0 Å². The Morgan fingerprint density at radius 1 is 1.11 bits per heavy atom. The van der Waals surface area contributed by atoms with Crippen molar-refractivity contribution in [3.63, 3.8) is 0 Å². The summed E-state index contributed by atoms with van der Waals surface area (Å²) in [5, 5.41) is 6.53. The van der Waals surface area contributed by atoms with Crippen LogP contribution in [0.2, 0.25) is 0 Å². The first kappa shape index (κ1) is 17.7. The molecule has 0 unspecified atom stereocenters. The minimum Gasteiger partial charge on any atom is -0.355 e. The van der Waals surface area contributed by atoms with E-state index in [9.17, 15) is 4.79 Å². The lowest BCUT2D eigenvalue weighted by Crippen LogP contribution is -2.36. The maximum Gasteiger partial charge on any atom is 0.220 e. The molecule has 4 heteroatoms. The van der Waals surface area contributed by atoms with Crippen molar-refractivity contribution in [3.8, 4) is 0 Å². The molecule has 2 N–H and O–H groups in total. The Morgan fingerprint density at radius 2 is 1.78 bits per heavy atom. The van der Waals surface area contributed by atoms with E-state index in [-0.39, 0.29) is 18.3 Å². The number of unbranched alkanes of at least 4 members (excludes halogenated alkanes) is 1. The Kier molecular flexibility index (Phi) is 11.6. The molecule has 0 bridgehead atoms. The summed E-state index contributed by atoms with van der Waals surface area (Å²) in [5.41, 5.74) is 0. The van der Waals surface area contributed by atoms with Crippen LogP contribution in [0.1, 0.15) is 64.7 Å². The number of hydrogen-bond donors (Lipinski definition) is 2. The van der Waals surface area contributed by atoms with Gasteiger partial charge in [-0.25, -0.2) is 0 Å². The Balaban J connectivity index is 0.00000289. The van der Waals surface area contributed by atoms with Crippen molar-refractivity contribution in [2.75, 3.05) is 13.1 Å². The number of halogens is 1. The highest BCUT2D eigenvalue weighted by molar-refractivity contribution is 5.85. The van der Waals surface area contributed by atoms with Crippen LogP contribution in [0.4, 0.5) is 0 Å². The highest BCUT2D eigenvalue weighted by Gasteiger charge is 2.10. The lowest BCUT2D eigenvalue weighted by molar-refractivity contribution is -0.121. The van der Waals surface area contributed by atoms with E-state index < -0.39 is 0 Å². The van der Waals surface area contributed by atoms with Gasteiger partial charge in [0, 0.05) is 25.6 Å². The molecule has 1 aliphatic carbocycles. The summed E-state index contributed by atoms with van der Waals surface area (Å²) >= 11 is 0. The molecule has 1 rings (SSSR count). The summed E-state index contributed by atoms with van der Waals surface area (Å²) < 4.78 is 0. The molecule has 1 aliphatic rings. The van der Waals surface area contributed by atoms with Crippen LogP contribution < -0.4 is 10.6 Å². The Bertz CT molecular complexity index is 204. The molecule has 1 saturated carbocycles. The van der Waals surface area contributed by atoms with Crippen molar-refractivity contribution < 1.29 is 4.79 Å². The standard InChI is InChI=1S/C14H28N2O.ClH/c1-2-3-10-14(17)16-12-11-15-13-8-6-4-5-7-9-13;/h13,15H,2-12H2,1H3,(H,16,17);1H. The molecule has 0 heterocycles. The Morgan fingerprint density at radius 3 is 2.39 bits per heavy atom. The minimum atomic E-state index is 0. The van der Waals surface area contributed by atoms with Crippen LogP contribution in [0.25, 0.3) is 0 Å². The van der Waals surface area contributed by atoms with Crippen molar-refractivity contribution >= 4 is 18.3 Å². The molecule has 108 valence electrons. The molecule has 0 aliphatic heterocycles. The van der Waals surface area contributed by atoms with E-state index in [0.29, 0.717) is 12.5 Å². The first-order valence-electron chi connectivity index (χ1n) is 7.33. The van der Waals surface area contributed by atoms with E-state index in [2.05, 4.69) is 17.6 Å². The molecule has 3 nitrogen and oxygen atoms in total. The Labute approximate surface area is 118 Å². The molecule has 0 aromatic carbocycles. The number of rotatable bonds is 7. The third kappa shape index (κ3) is 8.76. The molecule has 0 spiro atoms. The minimum absolute atomic E-state index is 0. The largest absolute Gasteiger partial charge is 0.355 e. The first-order valence-corrected chi connectivity index (χ1v) is 7.33. The molecular weight excluding hydrogens is 248 g/mol. The molecule has 1 amide bonds. The van der Waals surface area contributed by atoms with Crippen LogP contribution in [0.15, 0.2) is 0 Å². The summed E-state index contributed by atoms with van der Waals surface area (Å²) in [4.78, 5) is 11.4.